The number of nitrogens with two attached hydrogens (primary N) is 1. The summed E-state index contributed by atoms with van der Waals surface area (Å²) >= 11 is 3.45. The molecule has 3 N–H and O–H groups in total. The maximum Gasteiger partial charge on any atom is 0.221 e. The van der Waals surface area contributed by atoms with E-state index in [2.05, 4.69) is 20.8 Å². The number of rotatable bonds is 3. The van der Waals surface area contributed by atoms with Crippen molar-refractivity contribution in [3.05, 3.63) is 28.2 Å². The van der Waals surface area contributed by atoms with Crippen LogP contribution in [0.15, 0.2) is 22.7 Å². The van der Waals surface area contributed by atoms with Crippen molar-refractivity contribution in [2.75, 3.05) is 13.1 Å². The summed E-state index contributed by atoms with van der Waals surface area (Å²) in [6, 6.07) is 5.21. The molecule has 0 aliphatic carbocycles. The lowest BCUT2D eigenvalue weighted by atomic mass is 10.1. The van der Waals surface area contributed by atoms with Crippen molar-refractivity contribution in [1.82, 2.24) is 4.90 Å². The highest BCUT2D eigenvalue weighted by molar-refractivity contribution is 9.10. The molecule has 1 fully saturated rings. The lowest BCUT2D eigenvalue weighted by Crippen LogP contribution is -2.27. The van der Waals surface area contributed by atoms with Gasteiger partial charge in [-0.3, -0.25) is 9.69 Å². The van der Waals surface area contributed by atoms with E-state index in [1.165, 1.54) is 0 Å². The molecule has 2 rings (SSSR count). The Bertz CT molecular complexity index is 437. The van der Waals surface area contributed by atoms with Crippen LogP contribution in [0.1, 0.15) is 12.0 Å². The van der Waals surface area contributed by atoms with Crippen LogP contribution in [0, 0.1) is 5.92 Å². The minimum Gasteiger partial charge on any atom is -0.508 e. The molecule has 92 valence electrons. The second-order valence-corrected chi connectivity index (χ2v) is 5.25. The number of phenolic OH excluding ortho intramolecular Hbond substituents is 1. The van der Waals surface area contributed by atoms with Crippen LogP contribution in [0.4, 0.5) is 0 Å². The topological polar surface area (TPSA) is 66.6 Å². The quantitative estimate of drug-likeness (QED) is 0.888. The van der Waals surface area contributed by atoms with Crippen molar-refractivity contribution >= 4 is 21.8 Å². The maximum absolute atomic E-state index is 11.1. The Morgan fingerprint density at radius 2 is 2.35 bits per heavy atom. The molecule has 1 heterocycles. The summed E-state index contributed by atoms with van der Waals surface area (Å²) < 4.78 is 0.970. The molecule has 0 spiro atoms. The molecule has 1 atom stereocenters. The van der Waals surface area contributed by atoms with Gasteiger partial charge in [-0.25, -0.2) is 0 Å². The van der Waals surface area contributed by atoms with E-state index in [1.54, 1.807) is 12.1 Å². The molecule has 1 amide bonds. The monoisotopic (exact) mass is 298 g/mol. The number of halogens is 1. The number of likely N-dealkylation sites (tertiary alicyclic amines) is 1. The highest BCUT2D eigenvalue weighted by Gasteiger charge is 2.26. The minimum atomic E-state index is -0.220. The fourth-order valence-electron chi connectivity index (χ4n) is 2.13. The van der Waals surface area contributed by atoms with Crippen molar-refractivity contribution in [2.24, 2.45) is 11.7 Å². The Morgan fingerprint density at radius 3 is 3.00 bits per heavy atom. The van der Waals surface area contributed by atoms with Gasteiger partial charge in [0, 0.05) is 17.6 Å². The summed E-state index contributed by atoms with van der Waals surface area (Å²) in [7, 11) is 0. The summed E-state index contributed by atoms with van der Waals surface area (Å²) in [4.78, 5) is 13.2. The zero-order chi connectivity index (χ0) is 12.4. The number of phenols is 1. The molecular formula is C12H15BrN2O2. The zero-order valence-corrected chi connectivity index (χ0v) is 11.0. The summed E-state index contributed by atoms with van der Waals surface area (Å²) in [5.41, 5.74) is 6.32. The van der Waals surface area contributed by atoms with Crippen LogP contribution >= 0.6 is 15.9 Å². The molecule has 5 heteroatoms. The number of carbonyl (C=O) groups excluding carboxylic acids is 1. The first-order valence-electron chi connectivity index (χ1n) is 5.55. The van der Waals surface area contributed by atoms with Gasteiger partial charge < -0.3 is 10.8 Å². The first-order valence-corrected chi connectivity index (χ1v) is 6.34. The number of nitrogens with zero attached hydrogens (tertiary/aromatic N) is 1. The summed E-state index contributed by atoms with van der Waals surface area (Å²) in [6.07, 6.45) is 0.825. The van der Waals surface area contributed by atoms with Gasteiger partial charge in [0.25, 0.3) is 0 Å². The second-order valence-electron chi connectivity index (χ2n) is 4.40. The Kier molecular flexibility index (Phi) is 3.69. The number of aromatic hydroxyl groups is 1. The molecule has 1 aliphatic rings. The van der Waals surface area contributed by atoms with E-state index in [0.29, 0.717) is 6.54 Å². The van der Waals surface area contributed by atoms with Crippen LogP contribution < -0.4 is 5.73 Å². The summed E-state index contributed by atoms with van der Waals surface area (Å²) in [5, 5.41) is 9.44. The van der Waals surface area contributed by atoms with E-state index < -0.39 is 0 Å². The van der Waals surface area contributed by atoms with Crippen molar-refractivity contribution in [2.45, 2.75) is 13.0 Å². The van der Waals surface area contributed by atoms with Crippen molar-refractivity contribution in [3.8, 4) is 5.75 Å². The van der Waals surface area contributed by atoms with Gasteiger partial charge in [-0.1, -0.05) is 15.9 Å². The van der Waals surface area contributed by atoms with E-state index in [1.807, 2.05) is 6.07 Å². The Hall–Kier alpha value is -1.07. The average Bonchev–Trinajstić information content (AvgIpc) is 2.72. The van der Waals surface area contributed by atoms with Gasteiger partial charge in [0.15, 0.2) is 0 Å². The lowest BCUT2D eigenvalue weighted by molar-refractivity contribution is -0.121. The molecule has 1 unspecified atom stereocenters. The van der Waals surface area contributed by atoms with Crippen molar-refractivity contribution in [1.29, 1.82) is 0 Å². The van der Waals surface area contributed by atoms with E-state index in [-0.39, 0.29) is 17.6 Å². The van der Waals surface area contributed by atoms with Gasteiger partial charge in [0.05, 0.1) is 5.92 Å². The largest absolute Gasteiger partial charge is 0.508 e. The smallest absolute Gasteiger partial charge is 0.221 e. The molecule has 1 aromatic rings. The zero-order valence-electron chi connectivity index (χ0n) is 9.40. The third-order valence-corrected chi connectivity index (χ3v) is 3.87. The third kappa shape index (κ3) is 2.98. The first kappa shape index (κ1) is 12.4. The number of hydrogen-bond acceptors (Lipinski definition) is 3. The highest BCUT2D eigenvalue weighted by atomic mass is 79.9. The molecule has 17 heavy (non-hydrogen) atoms. The average molecular weight is 299 g/mol. The van der Waals surface area contributed by atoms with Gasteiger partial charge in [0.2, 0.25) is 5.91 Å². The van der Waals surface area contributed by atoms with E-state index in [9.17, 15) is 9.90 Å². The number of carbonyl (C=O) groups is 1. The van der Waals surface area contributed by atoms with Crippen LogP contribution in [0.3, 0.4) is 0 Å². The first-order chi connectivity index (χ1) is 8.06. The number of amides is 1. The minimum absolute atomic E-state index is 0.0360. The third-order valence-electron chi connectivity index (χ3n) is 3.10. The fourth-order valence-corrected chi connectivity index (χ4v) is 2.50. The van der Waals surface area contributed by atoms with Crippen LogP contribution in [-0.4, -0.2) is 29.0 Å². The fraction of sp³-hybridized carbons (Fsp3) is 0.417. The van der Waals surface area contributed by atoms with Crippen LogP contribution in [-0.2, 0) is 11.3 Å². The molecule has 0 saturated carbocycles. The second kappa shape index (κ2) is 5.06. The number of hydrogen-bond donors (Lipinski definition) is 2. The molecule has 0 aromatic heterocycles. The molecule has 1 aromatic carbocycles. The highest BCUT2D eigenvalue weighted by Crippen LogP contribution is 2.25. The normalized spacial score (nSPS) is 20.6. The van der Waals surface area contributed by atoms with Crippen molar-refractivity contribution < 1.29 is 9.90 Å². The summed E-state index contributed by atoms with van der Waals surface area (Å²) in [6.45, 7) is 2.30. The molecule has 0 radical (unpaired) electrons. The van der Waals surface area contributed by atoms with E-state index in [4.69, 9.17) is 5.73 Å². The van der Waals surface area contributed by atoms with Gasteiger partial charge in [-0.05, 0) is 36.7 Å². The van der Waals surface area contributed by atoms with Gasteiger partial charge >= 0.3 is 0 Å². The van der Waals surface area contributed by atoms with Crippen molar-refractivity contribution in [3.63, 3.8) is 0 Å². The molecule has 0 bridgehead atoms. The molecule has 1 saturated heterocycles. The van der Waals surface area contributed by atoms with Gasteiger partial charge in [0.1, 0.15) is 5.75 Å². The van der Waals surface area contributed by atoms with E-state index in [0.717, 1.165) is 29.5 Å². The van der Waals surface area contributed by atoms with Crippen LogP contribution in [0.2, 0.25) is 0 Å². The predicted octanol–water partition coefficient (Wildman–Crippen LogP) is 1.46. The Balaban J connectivity index is 2.02. The molecular weight excluding hydrogens is 284 g/mol. The number of primary amides is 1. The standard InChI is InChI=1S/C12H15BrN2O2/c13-11-2-1-10(16)5-9(11)7-15-4-3-8(6-15)12(14)17/h1-2,5,8,16H,3-4,6-7H2,(H2,14,17). The molecule has 4 nitrogen and oxygen atoms in total. The SMILES string of the molecule is NC(=O)C1CCN(Cc2cc(O)ccc2Br)C1. The van der Waals surface area contributed by atoms with Gasteiger partial charge in [-0.15, -0.1) is 0 Å². The summed E-state index contributed by atoms with van der Waals surface area (Å²) in [5.74, 6) is 0.00223. The Labute approximate surface area is 109 Å². The lowest BCUT2D eigenvalue weighted by Gasteiger charge is -2.16. The maximum atomic E-state index is 11.1. The van der Waals surface area contributed by atoms with Crippen LogP contribution in [0.25, 0.3) is 0 Å². The van der Waals surface area contributed by atoms with E-state index >= 15 is 0 Å². The van der Waals surface area contributed by atoms with Crippen LogP contribution in [0.5, 0.6) is 5.75 Å². The molecule has 1 aliphatic heterocycles. The Morgan fingerprint density at radius 1 is 1.59 bits per heavy atom. The number of benzene rings is 1. The predicted molar refractivity (Wildman–Crippen MR) is 68.4 cm³/mol. The van der Waals surface area contributed by atoms with Gasteiger partial charge in [-0.2, -0.15) is 0 Å².